The van der Waals surface area contributed by atoms with Crippen molar-refractivity contribution in [2.75, 3.05) is 11.9 Å². The second kappa shape index (κ2) is 7.73. The lowest BCUT2D eigenvalue weighted by atomic mass is 10.2. The topological polar surface area (TPSA) is 71.1 Å². The summed E-state index contributed by atoms with van der Waals surface area (Å²) in [5, 5.41) is 12.9. The molecular formula is C19H16ClN3O2. The average Bonchev–Trinajstić information content (AvgIpc) is 3.10. The number of hydrogen-bond donors (Lipinski definition) is 1. The van der Waals surface area contributed by atoms with Crippen LogP contribution in [0.5, 0.6) is 5.75 Å². The molecule has 3 aromatic rings. The van der Waals surface area contributed by atoms with Crippen LogP contribution in [0.25, 0.3) is 11.3 Å². The number of oxazole rings is 1. The van der Waals surface area contributed by atoms with Crippen LogP contribution in [0.3, 0.4) is 0 Å². The maximum Gasteiger partial charge on any atom is 0.214 e. The smallest absolute Gasteiger partial charge is 0.214 e. The van der Waals surface area contributed by atoms with Crippen molar-refractivity contribution in [1.29, 1.82) is 5.26 Å². The van der Waals surface area contributed by atoms with Gasteiger partial charge < -0.3 is 14.5 Å². The van der Waals surface area contributed by atoms with Crippen LogP contribution in [0.4, 0.5) is 5.69 Å². The third kappa shape index (κ3) is 4.11. The van der Waals surface area contributed by atoms with Gasteiger partial charge in [-0.3, -0.25) is 0 Å². The van der Waals surface area contributed by atoms with Gasteiger partial charge in [-0.2, -0.15) is 5.26 Å². The van der Waals surface area contributed by atoms with Gasteiger partial charge in [0.05, 0.1) is 36.7 Å². The minimum atomic E-state index is 0.371. The van der Waals surface area contributed by atoms with E-state index in [0.717, 1.165) is 11.3 Å². The molecule has 0 saturated heterocycles. The van der Waals surface area contributed by atoms with Crippen LogP contribution in [-0.2, 0) is 6.54 Å². The standard InChI is InChI=1S/C19H16ClN3O2/c1-2-24-17-7-6-13(10-21)8-16(17)22-12-19-23-11-18(25-19)14-4-3-5-15(20)9-14/h3-9,11,22H,2,12H2,1H3. The lowest BCUT2D eigenvalue weighted by molar-refractivity contribution is 0.341. The molecule has 0 bridgehead atoms. The molecule has 6 heteroatoms. The van der Waals surface area contributed by atoms with E-state index in [-0.39, 0.29) is 0 Å². The van der Waals surface area contributed by atoms with Gasteiger partial charge in [0.25, 0.3) is 0 Å². The third-order valence-corrected chi connectivity index (χ3v) is 3.74. The van der Waals surface area contributed by atoms with Gasteiger partial charge in [0.2, 0.25) is 5.89 Å². The van der Waals surface area contributed by atoms with Crippen LogP contribution >= 0.6 is 11.6 Å². The Labute approximate surface area is 150 Å². The quantitative estimate of drug-likeness (QED) is 0.684. The van der Waals surface area contributed by atoms with Crippen molar-refractivity contribution in [2.45, 2.75) is 13.5 Å². The highest BCUT2D eigenvalue weighted by atomic mass is 35.5. The number of nitriles is 1. The van der Waals surface area contributed by atoms with E-state index < -0.39 is 0 Å². The number of halogens is 1. The molecule has 0 fully saturated rings. The molecule has 0 aliphatic rings. The van der Waals surface area contributed by atoms with Crippen molar-refractivity contribution in [3.05, 3.63) is 65.1 Å². The van der Waals surface area contributed by atoms with E-state index in [2.05, 4.69) is 16.4 Å². The Bertz CT molecular complexity index is 915. The predicted octanol–water partition coefficient (Wildman–Crippen LogP) is 4.88. The van der Waals surface area contributed by atoms with E-state index in [1.165, 1.54) is 0 Å². The van der Waals surface area contributed by atoms with Crippen molar-refractivity contribution in [2.24, 2.45) is 0 Å². The Morgan fingerprint density at radius 3 is 2.92 bits per heavy atom. The zero-order chi connectivity index (χ0) is 17.6. The lowest BCUT2D eigenvalue weighted by Crippen LogP contribution is -2.03. The number of anilines is 1. The van der Waals surface area contributed by atoms with E-state index in [4.69, 9.17) is 26.0 Å². The summed E-state index contributed by atoms with van der Waals surface area (Å²) in [6.45, 7) is 2.82. The normalized spacial score (nSPS) is 10.3. The fourth-order valence-corrected chi connectivity index (χ4v) is 2.55. The van der Waals surface area contributed by atoms with E-state index >= 15 is 0 Å². The minimum Gasteiger partial charge on any atom is -0.492 e. The van der Waals surface area contributed by atoms with Crippen LogP contribution in [0.15, 0.2) is 53.1 Å². The predicted molar refractivity (Wildman–Crippen MR) is 96.6 cm³/mol. The summed E-state index contributed by atoms with van der Waals surface area (Å²) in [5.74, 6) is 1.86. The van der Waals surface area contributed by atoms with Gasteiger partial charge in [0, 0.05) is 10.6 Å². The molecule has 0 aliphatic carbocycles. The van der Waals surface area contributed by atoms with Crippen molar-refractivity contribution in [3.63, 3.8) is 0 Å². The Kier molecular flexibility index (Phi) is 5.22. The first-order valence-corrected chi connectivity index (χ1v) is 8.19. The third-order valence-electron chi connectivity index (χ3n) is 3.50. The number of rotatable bonds is 6. The largest absolute Gasteiger partial charge is 0.492 e. The molecule has 126 valence electrons. The molecule has 0 spiro atoms. The van der Waals surface area contributed by atoms with Gasteiger partial charge in [-0.15, -0.1) is 0 Å². The molecule has 1 aromatic heterocycles. The summed E-state index contributed by atoms with van der Waals surface area (Å²) in [5.41, 5.74) is 2.15. The second-order valence-electron chi connectivity index (χ2n) is 5.24. The van der Waals surface area contributed by atoms with Crippen molar-refractivity contribution in [3.8, 4) is 23.1 Å². The van der Waals surface area contributed by atoms with Crippen molar-refractivity contribution < 1.29 is 9.15 Å². The van der Waals surface area contributed by atoms with Gasteiger partial charge in [0.1, 0.15) is 5.75 Å². The van der Waals surface area contributed by atoms with Gasteiger partial charge in [0.15, 0.2) is 5.76 Å². The highest BCUT2D eigenvalue weighted by Gasteiger charge is 2.09. The number of ether oxygens (including phenoxy) is 1. The Hall–Kier alpha value is -2.97. The molecule has 1 heterocycles. The number of hydrogen-bond acceptors (Lipinski definition) is 5. The fourth-order valence-electron chi connectivity index (χ4n) is 2.36. The molecular weight excluding hydrogens is 338 g/mol. The molecule has 3 rings (SSSR count). The van der Waals surface area contributed by atoms with Gasteiger partial charge in [-0.05, 0) is 37.3 Å². The molecule has 0 aliphatic heterocycles. The molecule has 25 heavy (non-hydrogen) atoms. The first-order chi connectivity index (χ1) is 12.2. The van der Waals surface area contributed by atoms with Crippen LogP contribution in [0, 0.1) is 11.3 Å². The summed E-state index contributed by atoms with van der Waals surface area (Å²) in [7, 11) is 0. The van der Waals surface area contributed by atoms with Gasteiger partial charge >= 0.3 is 0 Å². The number of nitrogens with zero attached hydrogens (tertiary/aromatic N) is 2. The lowest BCUT2D eigenvalue weighted by Gasteiger charge is -2.11. The van der Waals surface area contributed by atoms with E-state index in [0.29, 0.717) is 41.1 Å². The summed E-state index contributed by atoms with van der Waals surface area (Å²) in [6, 6.07) is 14.8. The highest BCUT2D eigenvalue weighted by molar-refractivity contribution is 6.30. The molecule has 5 nitrogen and oxygen atoms in total. The van der Waals surface area contributed by atoms with Crippen LogP contribution in [0.1, 0.15) is 18.4 Å². The molecule has 0 radical (unpaired) electrons. The van der Waals surface area contributed by atoms with Gasteiger partial charge in [-0.1, -0.05) is 23.7 Å². The Balaban J connectivity index is 1.75. The molecule has 1 N–H and O–H groups in total. The molecule has 2 aromatic carbocycles. The van der Waals surface area contributed by atoms with Crippen molar-refractivity contribution in [1.82, 2.24) is 4.98 Å². The highest BCUT2D eigenvalue weighted by Crippen LogP contribution is 2.27. The first-order valence-electron chi connectivity index (χ1n) is 7.81. The van der Waals surface area contributed by atoms with E-state index in [1.807, 2.05) is 25.1 Å². The van der Waals surface area contributed by atoms with E-state index in [1.54, 1.807) is 30.5 Å². The maximum atomic E-state index is 9.06. The summed E-state index contributed by atoms with van der Waals surface area (Å²) in [4.78, 5) is 4.28. The molecule has 0 amide bonds. The zero-order valence-electron chi connectivity index (χ0n) is 13.6. The number of nitrogens with one attached hydrogen (secondary N) is 1. The van der Waals surface area contributed by atoms with Crippen LogP contribution in [0.2, 0.25) is 5.02 Å². The van der Waals surface area contributed by atoms with Crippen LogP contribution < -0.4 is 10.1 Å². The minimum absolute atomic E-state index is 0.371. The van der Waals surface area contributed by atoms with Crippen LogP contribution in [-0.4, -0.2) is 11.6 Å². The first kappa shape index (κ1) is 16.9. The molecule has 0 atom stereocenters. The Morgan fingerprint density at radius 1 is 1.28 bits per heavy atom. The SMILES string of the molecule is CCOc1ccc(C#N)cc1NCc1ncc(-c2cccc(Cl)c2)o1. The summed E-state index contributed by atoms with van der Waals surface area (Å²) >= 11 is 6.00. The maximum absolute atomic E-state index is 9.06. The number of aromatic nitrogens is 1. The molecule has 0 unspecified atom stereocenters. The average molecular weight is 354 g/mol. The second-order valence-corrected chi connectivity index (χ2v) is 5.67. The monoisotopic (exact) mass is 353 g/mol. The summed E-state index contributed by atoms with van der Waals surface area (Å²) in [6.07, 6.45) is 1.66. The number of benzene rings is 2. The fraction of sp³-hybridized carbons (Fsp3) is 0.158. The van der Waals surface area contributed by atoms with Gasteiger partial charge in [-0.25, -0.2) is 4.98 Å². The Morgan fingerprint density at radius 2 is 2.16 bits per heavy atom. The van der Waals surface area contributed by atoms with Crippen molar-refractivity contribution >= 4 is 17.3 Å². The molecule has 0 saturated carbocycles. The zero-order valence-corrected chi connectivity index (χ0v) is 14.4. The van der Waals surface area contributed by atoms with E-state index in [9.17, 15) is 0 Å². The summed E-state index contributed by atoms with van der Waals surface area (Å²) < 4.78 is 11.3.